The first-order valence-electron chi connectivity index (χ1n) is 4.92. The van der Waals surface area contributed by atoms with Crippen LogP contribution in [-0.2, 0) is 0 Å². The quantitative estimate of drug-likeness (QED) is 0.628. The number of carbonyl (C=O) groups excluding carboxylic acids is 1. The number of rotatable bonds is 5. The lowest BCUT2D eigenvalue weighted by molar-refractivity contribution is 0.0953. The van der Waals surface area contributed by atoms with Crippen LogP contribution in [0.4, 0.5) is 0 Å². The summed E-state index contributed by atoms with van der Waals surface area (Å²) in [5.74, 6) is 0.00232. The molecule has 0 aliphatic rings. The predicted octanol–water partition coefficient (Wildman–Crippen LogP) is 2.05. The van der Waals surface area contributed by atoms with E-state index in [0.717, 1.165) is 22.1 Å². The maximum Gasteiger partial charge on any atom is 0.251 e. The third kappa shape index (κ3) is 5.67. The number of halogens is 2. The predicted molar refractivity (Wildman–Crippen MR) is 77.3 cm³/mol. The summed E-state index contributed by atoms with van der Waals surface area (Å²) in [6.45, 7) is 1.64. The molecule has 16 heavy (non-hydrogen) atoms. The van der Waals surface area contributed by atoms with Crippen LogP contribution in [0.2, 0.25) is 0 Å². The molecule has 0 saturated heterocycles. The lowest BCUT2D eigenvalue weighted by Gasteiger charge is -2.04. The molecule has 1 amide bonds. The number of nitrogens with one attached hydrogen (secondary N) is 2. The van der Waals surface area contributed by atoms with Gasteiger partial charge in [0.1, 0.15) is 0 Å². The van der Waals surface area contributed by atoms with Crippen molar-refractivity contribution in [3.05, 3.63) is 33.4 Å². The van der Waals surface area contributed by atoms with E-state index in [1.807, 2.05) is 31.3 Å². The molecule has 1 aromatic rings. The molecule has 0 aromatic heterocycles. The Bertz CT molecular complexity index is 316. The van der Waals surface area contributed by atoms with Crippen LogP contribution in [0, 0.1) is 3.57 Å². The summed E-state index contributed by atoms with van der Waals surface area (Å²) in [5.41, 5.74) is 0.722. The Morgan fingerprint density at radius 3 is 2.44 bits per heavy atom. The Balaban J connectivity index is 0.00000225. The van der Waals surface area contributed by atoms with Crippen LogP contribution < -0.4 is 10.6 Å². The zero-order valence-corrected chi connectivity index (χ0v) is 12.1. The van der Waals surface area contributed by atoms with Gasteiger partial charge in [0.2, 0.25) is 0 Å². The minimum atomic E-state index is 0. The molecule has 90 valence electrons. The highest BCUT2D eigenvalue weighted by Crippen LogP contribution is 2.06. The molecule has 0 radical (unpaired) electrons. The highest BCUT2D eigenvalue weighted by molar-refractivity contribution is 14.1. The van der Waals surface area contributed by atoms with Crippen molar-refractivity contribution in [1.82, 2.24) is 10.6 Å². The number of benzene rings is 1. The second-order valence-electron chi connectivity index (χ2n) is 3.22. The van der Waals surface area contributed by atoms with Crippen LogP contribution in [0.25, 0.3) is 0 Å². The smallest absolute Gasteiger partial charge is 0.251 e. The molecule has 2 N–H and O–H groups in total. The Labute approximate surface area is 116 Å². The standard InChI is InChI=1S/C11H15IN2O.ClH/c1-13-7-2-8-14-11(15)9-3-5-10(12)6-4-9;/h3-6,13H,2,7-8H2,1H3,(H,14,15);1H. The van der Waals surface area contributed by atoms with Gasteiger partial charge in [0, 0.05) is 15.7 Å². The van der Waals surface area contributed by atoms with E-state index in [2.05, 4.69) is 33.2 Å². The number of hydrogen-bond acceptors (Lipinski definition) is 2. The second kappa shape index (κ2) is 8.78. The molecule has 0 fully saturated rings. The van der Waals surface area contributed by atoms with Gasteiger partial charge in [-0.15, -0.1) is 12.4 Å². The fourth-order valence-electron chi connectivity index (χ4n) is 1.17. The van der Waals surface area contributed by atoms with Gasteiger partial charge in [-0.1, -0.05) is 0 Å². The van der Waals surface area contributed by atoms with Gasteiger partial charge in [0.25, 0.3) is 5.91 Å². The zero-order chi connectivity index (χ0) is 11.1. The van der Waals surface area contributed by atoms with Crippen molar-refractivity contribution in [1.29, 1.82) is 0 Å². The lowest BCUT2D eigenvalue weighted by atomic mass is 10.2. The molecule has 0 atom stereocenters. The van der Waals surface area contributed by atoms with Gasteiger partial charge in [0.05, 0.1) is 0 Å². The molecule has 0 bridgehead atoms. The number of hydrogen-bond donors (Lipinski definition) is 2. The van der Waals surface area contributed by atoms with Crippen molar-refractivity contribution >= 4 is 40.9 Å². The van der Waals surface area contributed by atoms with Crippen LogP contribution in [-0.4, -0.2) is 26.0 Å². The first kappa shape index (κ1) is 15.7. The second-order valence-corrected chi connectivity index (χ2v) is 4.47. The Hall–Kier alpha value is -0.330. The van der Waals surface area contributed by atoms with Crippen LogP contribution in [0.5, 0.6) is 0 Å². The first-order valence-corrected chi connectivity index (χ1v) is 6.00. The molecule has 0 spiro atoms. The molecule has 0 aliphatic carbocycles. The average Bonchev–Trinajstić information content (AvgIpc) is 2.25. The first-order chi connectivity index (χ1) is 7.24. The summed E-state index contributed by atoms with van der Waals surface area (Å²) in [4.78, 5) is 11.6. The van der Waals surface area contributed by atoms with Crippen molar-refractivity contribution in [2.24, 2.45) is 0 Å². The zero-order valence-electron chi connectivity index (χ0n) is 9.13. The maximum atomic E-state index is 11.6. The Kier molecular flexibility index (Phi) is 8.60. The van der Waals surface area contributed by atoms with Crippen molar-refractivity contribution < 1.29 is 4.79 Å². The monoisotopic (exact) mass is 354 g/mol. The van der Waals surface area contributed by atoms with Crippen LogP contribution in [0.1, 0.15) is 16.8 Å². The van der Waals surface area contributed by atoms with Crippen molar-refractivity contribution in [2.45, 2.75) is 6.42 Å². The molecule has 0 unspecified atom stereocenters. The molecular formula is C11H16ClIN2O. The van der Waals surface area contributed by atoms with Crippen molar-refractivity contribution in [3.8, 4) is 0 Å². The van der Waals surface area contributed by atoms with Crippen LogP contribution in [0.3, 0.4) is 0 Å². The van der Waals surface area contributed by atoms with Gasteiger partial charge in [-0.2, -0.15) is 0 Å². The lowest BCUT2D eigenvalue weighted by Crippen LogP contribution is -2.26. The Morgan fingerprint density at radius 1 is 1.25 bits per heavy atom. The highest BCUT2D eigenvalue weighted by Gasteiger charge is 2.03. The van der Waals surface area contributed by atoms with Gasteiger partial charge in [0.15, 0.2) is 0 Å². The van der Waals surface area contributed by atoms with E-state index in [4.69, 9.17) is 0 Å². The molecular weight excluding hydrogens is 338 g/mol. The third-order valence-corrected chi connectivity index (χ3v) is 2.71. The van der Waals surface area contributed by atoms with E-state index in [9.17, 15) is 4.79 Å². The topological polar surface area (TPSA) is 41.1 Å². The van der Waals surface area contributed by atoms with E-state index < -0.39 is 0 Å². The fourth-order valence-corrected chi connectivity index (χ4v) is 1.53. The molecule has 0 aliphatic heterocycles. The van der Waals surface area contributed by atoms with Gasteiger partial charge in [-0.3, -0.25) is 4.79 Å². The minimum absolute atomic E-state index is 0. The highest BCUT2D eigenvalue weighted by atomic mass is 127. The molecule has 1 aromatic carbocycles. The summed E-state index contributed by atoms with van der Waals surface area (Å²) in [7, 11) is 1.90. The molecule has 5 heteroatoms. The van der Waals surface area contributed by atoms with E-state index in [1.54, 1.807) is 0 Å². The van der Waals surface area contributed by atoms with Gasteiger partial charge >= 0.3 is 0 Å². The minimum Gasteiger partial charge on any atom is -0.352 e. The summed E-state index contributed by atoms with van der Waals surface area (Å²) in [6.07, 6.45) is 0.951. The van der Waals surface area contributed by atoms with Gasteiger partial charge in [-0.05, 0) is 66.9 Å². The average molecular weight is 355 g/mol. The third-order valence-electron chi connectivity index (χ3n) is 2.00. The Morgan fingerprint density at radius 2 is 1.88 bits per heavy atom. The van der Waals surface area contributed by atoms with Gasteiger partial charge in [-0.25, -0.2) is 0 Å². The molecule has 3 nitrogen and oxygen atoms in total. The van der Waals surface area contributed by atoms with Crippen LogP contribution >= 0.6 is 35.0 Å². The summed E-state index contributed by atoms with van der Waals surface area (Å²) < 4.78 is 1.14. The largest absolute Gasteiger partial charge is 0.352 e. The van der Waals surface area contributed by atoms with E-state index >= 15 is 0 Å². The van der Waals surface area contributed by atoms with Crippen molar-refractivity contribution in [2.75, 3.05) is 20.1 Å². The van der Waals surface area contributed by atoms with E-state index in [-0.39, 0.29) is 18.3 Å². The van der Waals surface area contributed by atoms with E-state index in [0.29, 0.717) is 6.54 Å². The van der Waals surface area contributed by atoms with Crippen molar-refractivity contribution in [3.63, 3.8) is 0 Å². The van der Waals surface area contributed by atoms with Crippen LogP contribution in [0.15, 0.2) is 24.3 Å². The summed E-state index contributed by atoms with van der Waals surface area (Å²) in [5, 5.41) is 5.91. The van der Waals surface area contributed by atoms with Gasteiger partial charge < -0.3 is 10.6 Å². The normalized spacial score (nSPS) is 9.38. The number of carbonyl (C=O) groups is 1. The van der Waals surface area contributed by atoms with E-state index in [1.165, 1.54) is 0 Å². The molecule has 1 rings (SSSR count). The molecule has 0 heterocycles. The molecule has 0 saturated carbocycles. The SMILES string of the molecule is CNCCCNC(=O)c1ccc(I)cc1.Cl. The maximum absolute atomic E-state index is 11.6. The fraction of sp³-hybridized carbons (Fsp3) is 0.364. The summed E-state index contributed by atoms with van der Waals surface area (Å²) in [6, 6.07) is 7.55. The number of amides is 1. The summed E-state index contributed by atoms with van der Waals surface area (Å²) >= 11 is 2.22.